The highest BCUT2D eigenvalue weighted by atomic mass is 127. The van der Waals surface area contributed by atoms with Crippen molar-refractivity contribution in [1.29, 1.82) is 0 Å². The first kappa shape index (κ1) is 12.5. The molecule has 0 bridgehead atoms. The van der Waals surface area contributed by atoms with Gasteiger partial charge in [-0.1, -0.05) is 0 Å². The molecule has 0 spiro atoms. The number of nitrogens with zero attached hydrogens (tertiary/aromatic N) is 1. The fourth-order valence-corrected chi connectivity index (χ4v) is 1.08. The number of anilines is 1. The molecule has 0 fully saturated rings. The Balaban J connectivity index is 3.17. The molecular weight excluding hydrogens is 333 g/mol. The first-order valence-electron chi connectivity index (χ1n) is 3.50. The molecule has 1 aromatic rings. The topological polar surface area (TPSA) is 32.7 Å². The Morgan fingerprint density at radius 3 is 2.40 bits per heavy atom. The lowest BCUT2D eigenvalue weighted by Gasteiger charge is -2.14. The number of halogens is 5. The van der Waals surface area contributed by atoms with E-state index in [0.717, 1.165) is 0 Å². The highest BCUT2D eigenvalue weighted by molar-refractivity contribution is 14.1. The van der Waals surface area contributed by atoms with E-state index in [1.165, 1.54) is 23.0 Å². The van der Waals surface area contributed by atoms with Gasteiger partial charge in [0.25, 0.3) is 0 Å². The fourth-order valence-electron chi connectivity index (χ4n) is 0.873. The van der Waals surface area contributed by atoms with Gasteiger partial charge in [0.1, 0.15) is 28.7 Å². The number of alkyl halides is 3. The zero-order chi connectivity index (χ0) is 11.6. The largest absolute Gasteiger partial charge is 0.416 e. The predicted octanol–water partition coefficient (Wildman–Crippen LogP) is 3.32. The van der Waals surface area contributed by atoms with Crippen molar-refractivity contribution >= 4 is 28.7 Å². The van der Waals surface area contributed by atoms with Crippen LogP contribution in [0.2, 0.25) is 0 Å². The van der Waals surface area contributed by atoms with Gasteiger partial charge in [0, 0.05) is 0 Å². The summed E-state index contributed by atoms with van der Waals surface area (Å²) in [6.45, 7) is 0. The third kappa shape index (κ3) is 2.92. The standard InChI is InChI=1S/C7H4F4INO2/c8-5-2-1-4(7(9,10)11)3-6(5)13(14)15-12/h1-3,14H. The van der Waals surface area contributed by atoms with Gasteiger partial charge in [0.05, 0.1) is 5.56 Å². The maximum Gasteiger partial charge on any atom is 0.416 e. The summed E-state index contributed by atoms with van der Waals surface area (Å²) >= 11 is 1.19. The summed E-state index contributed by atoms with van der Waals surface area (Å²) in [4.78, 5) is 0. The molecule has 0 aliphatic rings. The molecule has 1 aromatic carbocycles. The summed E-state index contributed by atoms with van der Waals surface area (Å²) < 4.78 is 53.7. The lowest BCUT2D eigenvalue weighted by Crippen LogP contribution is -2.16. The van der Waals surface area contributed by atoms with Crippen molar-refractivity contribution < 1.29 is 25.9 Å². The van der Waals surface area contributed by atoms with Crippen LogP contribution >= 0.6 is 23.0 Å². The van der Waals surface area contributed by atoms with Crippen molar-refractivity contribution in [1.82, 2.24) is 0 Å². The maximum absolute atomic E-state index is 12.9. The summed E-state index contributed by atoms with van der Waals surface area (Å²) in [5.74, 6) is -1.03. The minimum Gasteiger partial charge on any atom is -0.263 e. The Morgan fingerprint density at radius 2 is 1.93 bits per heavy atom. The van der Waals surface area contributed by atoms with Gasteiger partial charge in [-0.2, -0.15) is 16.3 Å². The van der Waals surface area contributed by atoms with Gasteiger partial charge in [0.15, 0.2) is 5.82 Å². The Bertz CT molecular complexity index is 357. The molecular formula is C7H4F4INO2. The van der Waals surface area contributed by atoms with Gasteiger partial charge in [-0.3, -0.25) is 5.21 Å². The number of hydrogen-bond donors (Lipinski definition) is 1. The van der Waals surface area contributed by atoms with Gasteiger partial charge >= 0.3 is 6.18 Å². The van der Waals surface area contributed by atoms with Crippen molar-refractivity contribution in [3.8, 4) is 0 Å². The van der Waals surface area contributed by atoms with E-state index >= 15 is 0 Å². The van der Waals surface area contributed by atoms with Crippen LogP contribution in [0.5, 0.6) is 0 Å². The van der Waals surface area contributed by atoms with Crippen LogP contribution in [0.1, 0.15) is 5.56 Å². The van der Waals surface area contributed by atoms with Gasteiger partial charge in [0.2, 0.25) is 0 Å². The highest BCUT2D eigenvalue weighted by Gasteiger charge is 2.31. The second-order valence-electron chi connectivity index (χ2n) is 2.51. The normalized spacial score (nSPS) is 11.6. The van der Waals surface area contributed by atoms with E-state index < -0.39 is 23.2 Å². The van der Waals surface area contributed by atoms with Gasteiger partial charge in [-0.25, -0.2) is 4.39 Å². The second kappa shape index (κ2) is 4.49. The second-order valence-corrected chi connectivity index (χ2v) is 2.90. The molecule has 0 aliphatic carbocycles. The summed E-state index contributed by atoms with van der Waals surface area (Å²) in [5.41, 5.74) is -1.79. The molecule has 1 N–H and O–H groups in total. The summed E-state index contributed by atoms with van der Waals surface area (Å²) in [7, 11) is 0. The molecule has 0 radical (unpaired) electrons. The van der Waals surface area contributed by atoms with Crippen molar-refractivity contribution in [3.63, 3.8) is 0 Å². The molecule has 0 aromatic heterocycles. The molecule has 0 aliphatic heterocycles. The molecule has 1 rings (SSSR count). The lowest BCUT2D eigenvalue weighted by atomic mass is 10.2. The number of rotatable bonds is 2. The zero-order valence-corrected chi connectivity index (χ0v) is 9.08. The van der Waals surface area contributed by atoms with Crippen LogP contribution in [-0.2, 0) is 9.34 Å². The van der Waals surface area contributed by atoms with Crippen molar-refractivity contribution in [2.45, 2.75) is 6.18 Å². The molecule has 0 amide bonds. The van der Waals surface area contributed by atoms with E-state index in [1.807, 2.05) is 0 Å². The summed E-state index contributed by atoms with van der Waals surface area (Å²) in [6, 6.07) is 1.60. The van der Waals surface area contributed by atoms with Crippen molar-refractivity contribution in [2.24, 2.45) is 0 Å². The Hall–Kier alpha value is -0.610. The molecule has 0 saturated carbocycles. The van der Waals surface area contributed by atoms with Crippen LogP contribution in [-0.4, -0.2) is 5.21 Å². The van der Waals surface area contributed by atoms with Gasteiger partial charge < -0.3 is 0 Å². The molecule has 84 valence electrons. The van der Waals surface area contributed by atoms with Crippen molar-refractivity contribution in [2.75, 3.05) is 5.23 Å². The molecule has 8 heteroatoms. The molecule has 0 heterocycles. The van der Waals surface area contributed by atoms with Crippen LogP contribution in [0.15, 0.2) is 18.2 Å². The minimum absolute atomic E-state index is 0.0921. The fraction of sp³-hybridized carbons (Fsp3) is 0.143. The predicted molar refractivity (Wildman–Crippen MR) is 50.8 cm³/mol. The first-order valence-corrected chi connectivity index (χ1v) is 4.39. The van der Waals surface area contributed by atoms with E-state index in [1.54, 1.807) is 0 Å². The highest BCUT2D eigenvalue weighted by Crippen LogP contribution is 2.32. The van der Waals surface area contributed by atoms with E-state index in [0.29, 0.717) is 18.2 Å². The van der Waals surface area contributed by atoms with E-state index in [2.05, 4.69) is 3.17 Å². The van der Waals surface area contributed by atoms with Crippen LogP contribution in [0, 0.1) is 5.82 Å². The third-order valence-electron chi connectivity index (χ3n) is 1.54. The quantitative estimate of drug-likeness (QED) is 0.511. The molecule has 15 heavy (non-hydrogen) atoms. The Morgan fingerprint density at radius 1 is 1.33 bits per heavy atom. The zero-order valence-electron chi connectivity index (χ0n) is 6.92. The van der Waals surface area contributed by atoms with E-state index in [4.69, 9.17) is 5.21 Å². The van der Waals surface area contributed by atoms with E-state index in [-0.39, 0.29) is 5.23 Å². The first-order chi connectivity index (χ1) is 6.86. The monoisotopic (exact) mass is 337 g/mol. The lowest BCUT2D eigenvalue weighted by molar-refractivity contribution is -0.137. The molecule has 0 atom stereocenters. The number of hydrogen-bond acceptors (Lipinski definition) is 3. The average molecular weight is 337 g/mol. The Kier molecular flexibility index (Phi) is 3.73. The average Bonchev–Trinajstić information content (AvgIpc) is 2.15. The number of benzene rings is 1. The van der Waals surface area contributed by atoms with Crippen LogP contribution in [0.4, 0.5) is 23.2 Å². The van der Waals surface area contributed by atoms with Crippen LogP contribution < -0.4 is 5.23 Å². The van der Waals surface area contributed by atoms with Crippen molar-refractivity contribution in [3.05, 3.63) is 29.6 Å². The Labute approximate surface area is 95.8 Å². The summed E-state index contributed by atoms with van der Waals surface area (Å²) in [5, 5.41) is 8.80. The van der Waals surface area contributed by atoms with E-state index in [9.17, 15) is 17.6 Å². The van der Waals surface area contributed by atoms with Gasteiger partial charge in [-0.05, 0) is 18.2 Å². The smallest absolute Gasteiger partial charge is 0.263 e. The minimum atomic E-state index is -4.60. The SMILES string of the molecule is ON(OI)c1cc(C(F)(F)F)ccc1F. The maximum atomic E-state index is 12.9. The van der Waals surface area contributed by atoms with Crippen LogP contribution in [0.25, 0.3) is 0 Å². The molecule has 0 saturated heterocycles. The van der Waals surface area contributed by atoms with Crippen LogP contribution in [0.3, 0.4) is 0 Å². The molecule has 0 unspecified atom stereocenters. The third-order valence-corrected chi connectivity index (χ3v) is 1.92. The molecule has 3 nitrogen and oxygen atoms in total. The summed E-state index contributed by atoms with van der Waals surface area (Å²) in [6.07, 6.45) is -4.60. The van der Waals surface area contributed by atoms with Gasteiger partial charge in [-0.15, -0.1) is 5.23 Å².